The predicted molar refractivity (Wildman–Crippen MR) is 82.7 cm³/mol. The Kier molecular flexibility index (Phi) is 5.44. The van der Waals surface area contributed by atoms with E-state index in [1.807, 2.05) is 0 Å². The molecular formula is C16H21NO6. The normalized spacial score (nSPS) is 17.8. The number of benzene rings is 1. The van der Waals surface area contributed by atoms with Crippen molar-refractivity contribution in [1.29, 1.82) is 0 Å². The molecule has 0 spiro atoms. The van der Waals surface area contributed by atoms with Crippen LogP contribution in [0.3, 0.4) is 0 Å². The second-order valence-corrected chi connectivity index (χ2v) is 5.30. The molecule has 0 saturated carbocycles. The van der Waals surface area contributed by atoms with E-state index >= 15 is 0 Å². The van der Waals surface area contributed by atoms with Crippen molar-refractivity contribution >= 4 is 11.8 Å². The molecule has 126 valence electrons. The summed E-state index contributed by atoms with van der Waals surface area (Å²) in [5.74, 6) is 0.131. The predicted octanol–water partition coefficient (Wildman–Crippen LogP) is 1.44. The van der Waals surface area contributed by atoms with Crippen molar-refractivity contribution in [3.8, 4) is 17.2 Å². The molecule has 0 aromatic heterocycles. The number of nitrogens with zero attached hydrogens (tertiary/aromatic N) is 1. The molecule has 1 fully saturated rings. The maximum atomic E-state index is 12.5. The zero-order valence-electron chi connectivity index (χ0n) is 13.5. The average molecular weight is 323 g/mol. The summed E-state index contributed by atoms with van der Waals surface area (Å²) < 4.78 is 15.7. The van der Waals surface area contributed by atoms with E-state index in [4.69, 9.17) is 14.2 Å². The number of rotatable bonds is 7. The number of ether oxygens (including phenoxy) is 3. The van der Waals surface area contributed by atoms with Crippen LogP contribution in [0.5, 0.6) is 17.2 Å². The van der Waals surface area contributed by atoms with Gasteiger partial charge in [0, 0.05) is 5.56 Å². The summed E-state index contributed by atoms with van der Waals surface area (Å²) in [4.78, 5) is 25.4. The molecule has 1 aromatic rings. The monoisotopic (exact) mass is 323 g/mol. The smallest absolute Gasteiger partial charge is 0.320 e. The lowest BCUT2D eigenvalue weighted by Crippen LogP contribution is -2.39. The largest absolute Gasteiger partial charge is 0.493 e. The van der Waals surface area contributed by atoms with Gasteiger partial charge in [-0.2, -0.15) is 0 Å². The zero-order valence-corrected chi connectivity index (χ0v) is 13.5. The lowest BCUT2D eigenvalue weighted by Gasteiger charge is -2.20. The standard InChI is InChI=1S/C16H21NO6/c1-21-13-7-10(8-14(22-2)15(13)23-3)12(18)9-17-6-4-5-11(17)16(19)20/h7-8,11H,4-6,9H2,1-3H3,(H,19,20)/t11-/m0/s1. The number of hydrogen-bond donors (Lipinski definition) is 1. The van der Waals surface area contributed by atoms with Gasteiger partial charge in [-0.3, -0.25) is 14.5 Å². The highest BCUT2D eigenvalue weighted by molar-refractivity contribution is 5.99. The van der Waals surface area contributed by atoms with Crippen molar-refractivity contribution in [3.63, 3.8) is 0 Å². The molecule has 0 amide bonds. The van der Waals surface area contributed by atoms with Crippen molar-refractivity contribution in [3.05, 3.63) is 17.7 Å². The lowest BCUT2D eigenvalue weighted by molar-refractivity contribution is -0.141. The van der Waals surface area contributed by atoms with E-state index in [0.717, 1.165) is 6.42 Å². The van der Waals surface area contributed by atoms with Gasteiger partial charge < -0.3 is 19.3 Å². The molecule has 0 aliphatic carbocycles. The highest BCUT2D eigenvalue weighted by Gasteiger charge is 2.32. The summed E-state index contributed by atoms with van der Waals surface area (Å²) in [6, 6.07) is 2.56. The number of carbonyl (C=O) groups excluding carboxylic acids is 1. The molecule has 1 N–H and O–H groups in total. The molecule has 1 saturated heterocycles. The Hall–Kier alpha value is -2.28. The zero-order chi connectivity index (χ0) is 17.0. The molecule has 1 aliphatic heterocycles. The van der Waals surface area contributed by atoms with Crippen molar-refractivity contribution < 1.29 is 28.9 Å². The Labute approximate surface area is 134 Å². The van der Waals surface area contributed by atoms with Crippen LogP contribution in [0.25, 0.3) is 0 Å². The number of carbonyl (C=O) groups is 2. The first-order valence-corrected chi connectivity index (χ1v) is 7.31. The van der Waals surface area contributed by atoms with Gasteiger partial charge in [0.05, 0.1) is 27.9 Å². The quantitative estimate of drug-likeness (QED) is 0.760. The highest BCUT2D eigenvalue weighted by Crippen LogP contribution is 2.38. The van der Waals surface area contributed by atoms with Crippen LogP contribution in [-0.4, -0.2) is 62.2 Å². The van der Waals surface area contributed by atoms with Gasteiger partial charge in [0.25, 0.3) is 0 Å². The molecule has 1 aromatic carbocycles. The summed E-state index contributed by atoms with van der Waals surface area (Å²) in [7, 11) is 4.45. The summed E-state index contributed by atoms with van der Waals surface area (Å²) in [6.07, 6.45) is 1.34. The molecule has 1 heterocycles. The minimum absolute atomic E-state index is 0.0512. The van der Waals surface area contributed by atoms with E-state index in [1.165, 1.54) is 21.3 Å². The first kappa shape index (κ1) is 17.1. The van der Waals surface area contributed by atoms with Crippen molar-refractivity contribution in [2.45, 2.75) is 18.9 Å². The van der Waals surface area contributed by atoms with Crippen molar-refractivity contribution in [2.75, 3.05) is 34.4 Å². The van der Waals surface area contributed by atoms with E-state index in [2.05, 4.69) is 0 Å². The minimum atomic E-state index is -0.889. The number of likely N-dealkylation sites (tertiary alicyclic amines) is 1. The molecule has 0 radical (unpaired) electrons. The number of aliphatic carboxylic acids is 1. The van der Waals surface area contributed by atoms with E-state index < -0.39 is 12.0 Å². The topological polar surface area (TPSA) is 85.3 Å². The number of hydrogen-bond acceptors (Lipinski definition) is 6. The van der Waals surface area contributed by atoms with Crippen molar-refractivity contribution in [1.82, 2.24) is 4.90 Å². The van der Waals surface area contributed by atoms with Crippen molar-refractivity contribution in [2.24, 2.45) is 0 Å². The third-order valence-corrected chi connectivity index (χ3v) is 3.98. The molecule has 7 heteroatoms. The van der Waals surface area contributed by atoms with Gasteiger partial charge in [0.2, 0.25) is 5.75 Å². The third-order valence-electron chi connectivity index (χ3n) is 3.98. The number of methoxy groups -OCH3 is 3. The molecular weight excluding hydrogens is 302 g/mol. The van der Waals surface area contributed by atoms with Gasteiger partial charge in [-0.25, -0.2) is 0 Å². The van der Waals surface area contributed by atoms with Gasteiger partial charge >= 0.3 is 5.97 Å². The third kappa shape index (κ3) is 3.56. The SMILES string of the molecule is COc1cc(C(=O)CN2CCC[C@H]2C(=O)O)cc(OC)c1OC. The van der Waals surface area contributed by atoms with Crippen LogP contribution < -0.4 is 14.2 Å². The number of carboxylic acids is 1. The van der Waals surface area contributed by atoms with Gasteiger partial charge in [0.1, 0.15) is 6.04 Å². The second-order valence-electron chi connectivity index (χ2n) is 5.30. The van der Waals surface area contributed by atoms with Crippen LogP contribution in [0, 0.1) is 0 Å². The van der Waals surface area contributed by atoms with Gasteiger partial charge in [-0.1, -0.05) is 0 Å². The first-order valence-electron chi connectivity index (χ1n) is 7.31. The molecule has 1 atom stereocenters. The summed E-state index contributed by atoms with van der Waals surface area (Å²) in [5.41, 5.74) is 0.399. The molecule has 0 bridgehead atoms. The summed E-state index contributed by atoms with van der Waals surface area (Å²) in [5, 5.41) is 9.19. The van der Waals surface area contributed by atoms with E-state index in [-0.39, 0.29) is 12.3 Å². The van der Waals surface area contributed by atoms with Gasteiger partial charge in [-0.05, 0) is 31.5 Å². The van der Waals surface area contributed by atoms with Crippen LogP contribution in [0.15, 0.2) is 12.1 Å². The van der Waals surface area contributed by atoms with Gasteiger partial charge in [-0.15, -0.1) is 0 Å². The molecule has 1 aliphatic rings. The Morgan fingerprint density at radius 1 is 1.17 bits per heavy atom. The van der Waals surface area contributed by atoms with Crippen LogP contribution >= 0.6 is 0 Å². The minimum Gasteiger partial charge on any atom is -0.493 e. The van der Waals surface area contributed by atoms with Crippen LogP contribution in [0.1, 0.15) is 23.2 Å². The van der Waals surface area contributed by atoms with Crippen LogP contribution in [0.2, 0.25) is 0 Å². The molecule has 7 nitrogen and oxygen atoms in total. The molecule has 23 heavy (non-hydrogen) atoms. The Morgan fingerprint density at radius 3 is 2.26 bits per heavy atom. The van der Waals surface area contributed by atoms with E-state index in [9.17, 15) is 14.7 Å². The van der Waals surface area contributed by atoms with Crippen LogP contribution in [0.4, 0.5) is 0 Å². The fourth-order valence-electron chi connectivity index (χ4n) is 2.81. The summed E-state index contributed by atoms with van der Waals surface area (Å²) in [6.45, 7) is 0.655. The average Bonchev–Trinajstić information content (AvgIpc) is 3.01. The fourth-order valence-corrected chi connectivity index (χ4v) is 2.81. The van der Waals surface area contributed by atoms with E-state index in [0.29, 0.717) is 35.8 Å². The maximum absolute atomic E-state index is 12.5. The Morgan fingerprint density at radius 2 is 1.78 bits per heavy atom. The highest BCUT2D eigenvalue weighted by atomic mass is 16.5. The van der Waals surface area contributed by atoms with Gasteiger partial charge in [0.15, 0.2) is 17.3 Å². The number of ketones is 1. The molecule has 2 rings (SSSR count). The number of Topliss-reactive ketones (excluding diaryl/α,β-unsaturated/α-hetero) is 1. The lowest BCUT2D eigenvalue weighted by atomic mass is 10.1. The first-order chi connectivity index (χ1) is 11.0. The maximum Gasteiger partial charge on any atom is 0.320 e. The second kappa shape index (κ2) is 7.32. The molecule has 0 unspecified atom stereocenters. The number of carboxylic acid groups (broad SMARTS) is 1. The fraction of sp³-hybridized carbons (Fsp3) is 0.500. The Bertz CT molecular complexity index is 575. The summed E-state index contributed by atoms with van der Waals surface area (Å²) >= 11 is 0. The Balaban J connectivity index is 2.24. The van der Waals surface area contributed by atoms with Crippen LogP contribution in [-0.2, 0) is 4.79 Å². The van der Waals surface area contributed by atoms with E-state index in [1.54, 1.807) is 17.0 Å².